The Morgan fingerprint density at radius 2 is 2.00 bits per heavy atom. The number of aliphatic hydroxyl groups is 1. The van der Waals surface area contributed by atoms with Gasteiger partial charge in [-0.25, -0.2) is 17.5 Å². The maximum atomic E-state index is 13.6. The fourth-order valence-electron chi connectivity index (χ4n) is 2.52. The highest BCUT2D eigenvalue weighted by atomic mass is 32.2. The van der Waals surface area contributed by atoms with E-state index in [1.165, 1.54) is 13.0 Å². The smallest absolute Gasteiger partial charge is 0.241 e. The lowest BCUT2D eigenvalue weighted by Gasteiger charge is -2.27. The molecule has 7 heteroatoms. The maximum absolute atomic E-state index is 13.6. The molecule has 0 aromatic heterocycles. The first kappa shape index (κ1) is 15.2. The van der Waals surface area contributed by atoms with Gasteiger partial charge in [0.05, 0.1) is 17.0 Å². The minimum Gasteiger partial charge on any atom is -0.398 e. The minimum atomic E-state index is -3.91. The number of rotatable bonds is 4. The normalized spacial score (nSPS) is 18.4. The largest absolute Gasteiger partial charge is 0.398 e. The van der Waals surface area contributed by atoms with Crippen molar-refractivity contribution in [1.82, 2.24) is 4.72 Å². The van der Waals surface area contributed by atoms with E-state index in [1.54, 1.807) is 0 Å². The summed E-state index contributed by atoms with van der Waals surface area (Å²) in [6, 6.07) is 2.19. The molecule has 4 N–H and O–H groups in total. The van der Waals surface area contributed by atoms with Gasteiger partial charge in [-0.1, -0.05) is 12.8 Å². The molecule has 0 spiro atoms. The molecule has 1 aromatic carbocycles. The number of aliphatic hydroxyl groups excluding tert-OH is 1. The summed E-state index contributed by atoms with van der Waals surface area (Å²) in [6.07, 6.45) is 2.86. The van der Waals surface area contributed by atoms with Gasteiger partial charge in [0.25, 0.3) is 0 Å². The van der Waals surface area contributed by atoms with E-state index in [9.17, 15) is 17.9 Å². The van der Waals surface area contributed by atoms with Crippen molar-refractivity contribution < 1.29 is 17.9 Å². The summed E-state index contributed by atoms with van der Waals surface area (Å²) in [5.74, 6) is -0.658. The quantitative estimate of drug-likeness (QED) is 0.731. The highest BCUT2D eigenvalue weighted by molar-refractivity contribution is 7.89. The predicted octanol–water partition coefficient (Wildman–Crippen LogP) is 1.30. The van der Waals surface area contributed by atoms with Gasteiger partial charge >= 0.3 is 0 Å². The number of hydrogen-bond acceptors (Lipinski definition) is 4. The first-order chi connectivity index (χ1) is 9.30. The number of benzene rings is 1. The van der Waals surface area contributed by atoms with Gasteiger partial charge in [0.15, 0.2) is 0 Å². The van der Waals surface area contributed by atoms with E-state index in [0.717, 1.165) is 18.9 Å². The van der Waals surface area contributed by atoms with Gasteiger partial charge in [-0.15, -0.1) is 0 Å². The second-order valence-corrected chi connectivity index (χ2v) is 7.05. The number of sulfonamides is 1. The van der Waals surface area contributed by atoms with E-state index in [4.69, 9.17) is 5.73 Å². The molecular weight excluding hydrogens is 283 g/mol. The van der Waals surface area contributed by atoms with Crippen molar-refractivity contribution in [3.8, 4) is 0 Å². The topological polar surface area (TPSA) is 92.4 Å². The van der Waals surface area contributed by atoms with E-state index >= 15 is 0 Å². The Balaban J connectivity index is 2.36. The van der Waals surface area contributed by atoms with Crippen LogP contribution in [0.15, 0.2) is 17.0 Å². The molecule has 0 saturated heterocycles. The van der Waals surface area contributed by atoms with Crippen molar-refractivity contribution >= 4 is 15.7 Å². The Morgan fingerprint density at radius 1 is 1.40 bits per heavy atom. The summed E-state index contributed by atoms with van der Waals surface area (Å²) < 4.78 is 40.8. The molecule has 1 saturated carbocycles. The molecule has 0 radical (unpaired) electrons. The van der Waals surface area contributed by atoms with Gasteiger partial charge in [-0.05, 0) is 31.9 Å². The zero-order valence-electron chi connectivity index (χ0n) is 11.3. The number of nitrogen functional groups attached to an aromatic ring is 1. The molecule has 1 fully saturated rings. The van der Waals surface area contributed by atoms with Gasteiger partial charge in [0.1, 0.15) is 5.82 Å². The summed E-state index contributed by atoms with van der Waals surface area (Å²) in [6.45, 7) is 1.22. The van der Waals surface area contributed by atoms with Crippen molar-refractivity contribution in [2.45, 2.75) is 43.0 Å². The van der Waals surface area contributed by atoms with Gasteiger partial charge in [0, 0.05) is 11.3 Å². The molecule has 0 amide bonds. The maximum Gasteiger partial charge on any atom is 0.241 e. The highest BCUT2D eigenvalue weighted by Gasteiger charge is 2.37. The Kier molecular flexibility index (Phi) is 4.04. The molecule has 1 aliphatic carbocycles. The fourth-order valence-corrected chi connectivity index (χ4v) is 4.01. The number of anilines is 1. The van der Waals surface area contributed by atoms with Crippen LogP contribution in [0.5, 0.6) is 0 Å². The molecule has 5 nitrogen and oxygen atoms in total. The van der Waals surface area contributed by atoms with Crippen LogP contribution in [0.1, 0.15) is 31.2 Å². The molecule has 2 rings (SSSR count). The molecule has 0 bridgehead atoms. The van der Waals surface area contributed by atoms with E-state index < -0.39 is 21.4 Å². The Morgan fingerprint density at radius 3 is 2.50 bits per heavy atom. The third-order valence-corrected chi connectivity index (χ3v) is 5.44. The van der Waals surface area contributed by atoms with Crippen LogP contribution in [0.25, 0.3) is 0 Å². The predicted molar refractivity (Wildman–Crippen MR) is 74.2 cm³/mol. The van der Waals surface area contributed by atoms with Crippen molar-refractivity contribution in [3.63, 3.8) is 0 Å². The molecule has 112 valence electrons. The molecule has 0 heterocycles. The summed E-state index contributed by atoms with van der Waals surface area (Å²) in [4.78, 5) is -0.210. The van der Waals surface area contributed by atoms with Crippen LogP contribution in [0.3, 0.4) is 0 Å². The zero-order chi connectivity index (χ0) is 15.0. The highest BCUT2D eigenvalue weighted by Crippen LogP contribution is 2.31. The summed E-state index contributed by atoms with van der Waals surface area (Å²) in [7, 11) is -3.91. The Labute approximate surface area is 118 Å². The van der Waals surface area contributed by atoms with Crippen LogP contribution < -0.4 is 10.5 Å². The number of nitrogens with two attached hydrogens (primary N) is 1. The molecule has 1 aromatic rings. The second kappa shape index (κ2) is 5.31. The third-order valence-electron chi connectivity index (χ3n) is 3.88. The Hall–Kier alpha value is -1.18. The van der Waals surface area contributed by atoms with E-state index in [0.29, 0.717) is 12.8 Å². The second-order valence-electron chi connectivity index (χ2n) is 5.37. The van der Waals surface area contributed by atoms with Gasteiger partial charge in [-0.2, -0.15) is 0 Å². The Bertz CT molecular complexity index is 587. The summed E-state index contributed by atoms with van der Waals surface area (Å²) >= 11 is 0. The van der Waals surface area contributed by atoms with E-state index in [1.807, 2.05) is 0 Å². The SMILES string of the molecule is Cc1c(N)cc(S(=O)(=O)NC2(CO)CCCC2)cc1F. The lowest BCUT2D eigenvalue weighted by molar-refractivity contribution is 0.185. The molecule has 0 atom stereocenters. The van der Waals surface area contributed by atoms with E-state index in [2.05, 4.69) is 4.72 Å². The lowest BCUT2D eigenvalue weighted by Crippen LogP contribution is -2.49. The fraction of sp³-hybridized carbons (Fsp3) is 0.538. The monoisotopic (exact) mass is 302 g/mol. The molecule has 0 aliphatic heterocycles. The molecule has 1 aliphatic rings. The molecule has 0 unspecified atom stereocenters. The van der Waals surface area contributed by atoms with Crippen molar-refractivity contribution in [2.24, 2.45) is 0 Å². The first-order valence-corrected chi connectivity index (χ1v) is 7.98. The minimum absolute atomic E-state index is 0.0924. The average molecular weight is 302 g/mol. The van der Waals surface area contributed by atoms with Crippen LogP contribution in [0, 0.1) is 12.7 Å². The summed E-state index contributed by atoms with van der Waals surface area (Å²) in [5, 5.41) is 9.45. The number of halogens is 1. The van der Waals surface area contributed by atoms with Crippen LogP contribution in [0.2, 0.25) is 0 Å². The lowest BCUT2D eigenvalue weighted by atomic mass is 10.0. The van der Waals surface area contributed by atoms with Crippen molar-refractivity contribution in [2.75, 3.05) is 12.3 Å². The zero-order valence-corrected chi connectivity index (χ0v) is 12.1. The standard InChI is InChI=1S/C13H19FN2O3S/c1-9-11(14)6-10(7-12(9)15)20(18,19)16-13(8-17)4-2-3-5-13/h6-7,16-17H,2-5,8,15H2,1H3. The van der Waals surface area contributed by atoms with Gasteiger partial charge < -0.3 is 10.8 Å². The molecular formula is C13H19FN2O3S. The van der Waals surface area contributed by atoms with E-state index in [-0.39, 0.29) is 22.8 Å². The first-order valence-electron chi connectivity index (χ1n) is 6.50. The summed E-state index contributed by atoms with van der Waals surface area (Å²) in [5.41, 5.74) is 5.09. The van der Waals surface area contributed by atoms with Crippen LogP contribution >= 0.6 is 0 Å². The number of hydrogen-bond donors (Lipinski definition) is 3. The number of nitrogens with one attached hydrogen (secondary N) is 1. The molecule has 20 heavy (non-hydrogen) atoms. The van der Waals surface area contributed by atoms with Gasteiger partial charge in [0.2, 0.25) is 10.0 Å². The third kappa shape index (κ3) is 2.79. The average Bonchev–Trinajstić information content (AvgIpc) is 2.83. The van der Waals surface area contributed by atoms with Crippen LogP contribution in [-0.4, -0.2) is 25.7 Å². The van der Waals surface area contributed by atoms with Gasteiger partial charge in [-0.3, -0.25) is 0 Å². The van der Waals surface area contributed by atoms with Crippen molar-refractivity contribution in [1.29, 1.82) is 0 Å². The van der Waals surface area contributed by atoms with Crippen molar-refractivity contribution in [3.05, 3.63) is 23.5 Å². The van der Waals surface area contributed by atoms with Crippen LogP contribution in [-0.2, 0) is 10.0 Å². The van der Waals surface area contributed by atoms with Crippen LogP contribution in [0.4, 0.5) is 10.1 Å².